The number of nitrogens with two attached hydrogens (primary N) is 1. The average molecular weight is 542 g/mol. The molecule has 0 bridgehead atoms. The standard InChI is InChI=1S/C24H21N11O3.C2H6/c1-35-10-27-19-20(26-7-6-25)31-24(32-21(19)35)30-17-8-13(2-4-15(17)28-11-36)22-33-34-23(38-22)14-3-5-16-18(9-14)37-12-29-16;1-2/h2-5,8-12H,6-7,25H2,1H3,(H,28,36)(H2,26,30,31,32);1-2H3. The number of imidazole rings is 1. The lowest BCUT2D eigenvalue weighted by Crippen LogP contribution is -2.15. The van der Waals surface area contributed by atoms with Crippen molar-refractivity contribution in [2.24, 2.45) is 12.8 Å². The molecule has 204 valence electrons. The number of fused-ring (bicyclic) bond motifs is 2. The first-order valence-electron chi connectivity index (χ1n) is 12.5. The minimum absolute atomic E-state index is 0.284. The van der Waals surface area contributed by atoms with Gasteiger partial charge in [-0.05, 0) is 36.4 Å². The van der Waals surface area contributed by atoms with Gasteiger partial charge < -0.3 is 35.1 Å². The highest BCUT2D eigenvalue weighted by molar-refractivity contribution is 5.88. The summed E-state index contributed by atoms with van der Waals surface area (Å²) in [7, 11) is 1.84. The first-order chi connectivity index (χ1) is 19.6. The summed E-state index contributed by atoms with van der Waals surface area (Å²) in [4.78, 5) is 28.9. The van der Waals surface area contributed by atoms with Gasteiger partial charge >= 0.3 is 0 Å². The van der Waals surface area contributed by atoms with Crippen LogP contribution >= 0.6 is 0 Å². The van der Waals surface area contributed by atoms with Gasteiger partial charge in [0, 0.05) is 31.3 Å². The van der Waals surface area contributed by atoms with Gasteiger partial charge in [0.25, 0.3) is 0 Å². The van der Waals surface area contributed by atoms with Gasteiger partial charge in [-0.25, -0.2) is 9.97 Å². The predicted molar refractivity (Wildman–Crippen MR) is 151 cm³/mol. The van der Waals surface area contributed by atoms with E-state index in [2.05, 4.69) is 46.1 Å². The molecule has 6 aromatic rings. The third-order valence-corrected chi connectivity index (χ3v) is 5.73. The largest absolute Gasteiger partial charge is 0.443 e. The molecular weight excluding hydrogens is 514 g/mol. The number of nitrogens with one attached hydrogen (secondary N) is 3. The molecule has 5 N–H and O–H groups in total. The number of benzene rings is 2. The summed E-state index contributed by atoms with van der Waals surface area (Å²) in [6.45, 7) is 4.94. The smallest absolute Gasteiger partial charge is 0.248 e. The van der Waals surface area contributed by atoms with E-state index in [0.717, 1.165) is 5.52 Å². The summed E-state index contributed by atoms with van der Waals surface area (Å²) >= 11 is 0. The van der Waals surface area contributed by atoms with Gasteiger partial charge in [-0.2, -0.15) is 9.97 Å². The summed E-state index contributed by atoms with van der Waals surface area (Å²) in [5.41, 5.74) is 10.6. The Balaban J connectivity index is 0.00000158. The third kappa shape index (κ3) is 5.15. The number of carbonyl (C=O) groups is 1. The molecule has 14 nitrogen and oxygen atoms in total. The van der Waals surface area contributed by atoms with Gasteiger partial charge in [-0.1, -0.05) is 13.8 Å². The zero-order valence-corrected chi connectivity index (χ0v) is 22.0. The van der Waals surface area contributed by atoms with E-state index in [1.807, 2.05) is 33.0 Å². The van der Waals surface area contributed by atoms with E-state index in [4.69, 9.17) is 14.6 Å². The monoisotopic (exact) mass is 541 g/mol. The molecule has 4 heterocycles. The Kier molecular flexibility index (Phi) is 7.59. The zero-order chi connectivity index (χ0) is 28.1. The Hall–Kier alpha value is -5.37. The van der Waals surface area contributed by atoms with Crippen LogP contribution in [-0.4, -0.2) is 54.2 Å². The molecule has 0 spiro atoms. The minimum Gasteiger partial charge on any atom is -0.443 e. The van der Waals surface area contributed by atoms with Crippen molar-refractivity contribution in [1.82, 2.24) is 34.7 Å². The molecule has 2 aromatic carbocycles. The van der Waals surface area contributed by atoms with E-state index < -0.39 is 0 Å². The molecule has 1 amide bonds. The first kappa shape index (κ1) is 26.2. The van der Waals surface area contributed by atoms with Crippen molar-refractivity contribution in [2.75, 3.05) is 29.0 Å². The van der Waals surface area contributed by atoms with E-state index in [0.29, 0.717) is 76.4 Å². The number of carbonyl (C=O) groups excluding carboxylic acids is 1. The van der Waals surface area contributed by atoms with Gasteiger partial charge in [0.1, 0.15) is 5.52 Å². The van der Waals surface area contributed by atoms with Crippen LogP contribution in [0.25, 0.3) is 45.2 Å². The van der Waals surface area contributed by atoms with Crippen LogP contribution in [0.15, 0.2) is 58.0 Å². The van der Waals surface area contributed by atoms with Crippen LogP contribution in [0.3, 0.4) is 0 Å². The average Bonchev–Trinajstić information content (AvgIpc) is 3.74. The molecule has 0 aliphatic rings. The summed E-state index contributed by atoms with van der Waals surface area (Å²) in [5.74, 6) is 1.43. The Morgan fingerprint density at radius 1 is 1.00 bits per heavy atom. The van der Waals surface area contributed by atoms with Gasteiger partial charge in [-0.15, -0.1) is 10.2 Å². The second-order valence-corrected chi connectivity index (χ2v) is 8.23. The molecule has 0 unspecified atom stereocenters. The van der Waals surface area contributed by atoms with Crippen molar-refractivity contribution in [3.63, 3.8) is 0 Å². The fraction of sp³-hybridized carbons (Fsp3) is 0.192. The molecule has 6 rings (SSSR count). The van der Waals surface area contributed by atoms with Gasteiger partial charge in [0.05, 0.1) is 17.7 Å². The molecule has 0 fully saturated rings. The number of rotatable bonds is 9. The molecule has 0 aliphatic carbocycles. The Morgan fingerprint density at radius 3 is 2.55 bits per heavy atom. The number of anilines is 4. The van der Waals surface area contributed by atoms with Gasteiger partial charge in [0.2, 0.25) is 24.1 Å². The maximum atomic E-state index is 11.3. The molecule has 0 saturated carbocycles. The highest BCUT2D eigenvalue weighted by Gasteiger charge is 2.16. The number of hydrogen-bond donors (Lipinski definition) is 4. The number of amides is 1. The summed E-state index contributed by atoms with van der Waals surface area (Å²) in [6.07, 6.45) is 3.62. The zero-order valence-electron chi connectivity index (χ0n) is 22.0. The second-order valence-electron chi connectivity index (χ2n) is 8.23. The molecule has 0 atom stereocenters. The molecule has 0 saturated heterocycles. The quantitative estimate of drug-likeness (QED) is 0.193. The highest BCUT2D eigenvalue weighted by Crippen LogP contribution is 2.32. The summed E-state index contributed by atoms with van der Waals surface area (Å²) < 4.78 is 13.1. The van der Waals surface area contributed by atoms with Crippen LogP contribution in [0, 0.1) is 0 Å². The first-order valence-corrected chi connectivity index (χ1v) is 12.5. The maximum absolute atomic E-state index is 11.3. The van der Waals surface area contributed by atoms with Crippen LogP contribution in [0.4, 0.5) is 23.1 Å². The SMILES string of the molecule is CC.Cn1cnc2c(NCCN)nc(Nc3cc(-c4nnc(-c5ccc6ncoc6c5)o4)ccc3NC=O)nc21. The number of hydrogen-bond acceptors (Lipinski definition) is 12. The minimum atomic E-state index is 0.284. The Bertz CT molecular complexity index is 1770. The summed E-state index contributed by atoms with van der Waals surface area (Å²) in [5, 5.41) is 17.4. The third-order valence-electron chi connectivity index (χ3n) is 5.73. The van der Waals surface area contributed by atoms with Crippen molar-refractivity contribution < 1.29 is 13.6 Å². The number of aryl methyl sites for hydroxylation is 1. The van der Waals surface area contributed by atoms with Crippen LogP contribution in [0.2, 0.25) is 0 Å². The maximum Gasteiger partial charge on any atom is 0.248 e. The molecule has 0 radical (unpaired) electrons. The lowest BCUT2D eigenvalue weighted by Gasteiger charge is -2.13. The van der Waals surface area contributed by atoms with Crippen molar-refractivity contribution in [3.8, 4) is 22.9 Å². The normalized spacial score (nSPS) is 10.8. The van der Waals surface area contributed by atoms with Crippen LogP contribution in [0.5, 0.6) is 0 Å². The van der Waals surface area contributed by atoms with Gasteiger partial charge in [0.15, 0.2) is 29.0 Å². The fourth-order valence-corrected chi connectivity index (χ4v) is 3.91. The van der Waals surface area contributed by atoms with Crippen LogP contribution < -0.4 is 21.7 Å². The van der Waals surface area contributed by atoms with E-state index in [9.17, 15) is 4.79 Å². The van der Waals surface area contributed by atoms with Crippen molar-refractivity contribution in [2.45, 2.75) is 13.8 Å². The lowest BCUT2D eigenvalue weighted by atomic mass is 10.1. The molecule has 4 aromatic heterocycles. The van der Waals surface area contributed by atoms with E-state index >= 15 is 0 Å². The molecule has 14 heteroatoms. The van der Waals surface area contributed by atoms with E-state index in [1.165, 1.54) is 6.39 Å². The highest BCUT2D eigenvalue weighted by atomic mass is 16.4. The predicted octanol–water partition coefficient (Wildman–Crippen LogP) is 3.93. The fourth-order valence-electron chi connectivity index (χ4n) is 3.91. The van der Waals surface area contributed by atoms with Crippen LogP contribution in [0.1, 0.15) is 13.8 Å². The Morgan fingerprint density at radius 2 is 1.77 bits per heavy atom. The number of aromatic nitrogens is 7. The van der Waals surface area contributed by atoms with E-state index in [-0.39, 0.29) is 5.89 Å². The summed E-state index contributed by atoms with van der Waals surface area (Å²) in [6, 6.07) is 10.7. The van der Waals surface area contributed by atoms with Crippen molar-refractivity contribution in [3.05, 3.63) is 49.1 Å². The van der Waals surface area contributed by atoms with Crippen molar-refractivity contribution in [1.29, 1.82) is 0 Å². The lowest BCUT2D eigenvalue weighted by molar-refractivity contribution is -0.105. The molecule has 0 aliphatic heterocycles. The van der Waals surface area contributed by atoms with Crippen LogP contribution in [-0.2, 0) is 11.8 Å². The molecular formula is C26H27N11O3. The number of nitrogens with zero attached hydrogens (tertiary/aromatic N) is 7. The number of oxazole rings is 1. The Labute approximate surface area is 228 Å². The van der Waals surface area contributed by atoms with E-state index in [1.54, 1.807) is 35.2 Å². The molecule has 40 heavy (non-hydrogen) atoms. The van der Waals surface area contributed by atoms with Crippen molar-refractivity contribution >= 4 is 51.8 Å². The second kappa shape index (κ2) is 11.6. The van der Waals surface area contributed by atoms with Gasteiger partial charge in [-0.3, -0.25) is 4.79 Å². The topological polar surface area (TPSA) is 188 Å².